The number of imidazole rings is 1. The Labute approximate surface area is 235 Å². The van der Waals surface area contributed by atoms with Crippen molar-refractivity contribution in [2.45, 2.75) is 51.2 Å². The molecule has 204 valence electrons. The minimum Gasteiger partial charge on any atom is -0.381 e. The van der Waals surface area contributed by atoms with Gasteiger partial charge in [0.05, 0.1) is 27.8 Å². The first-order valence-corrected chi connectivity index (χ1v) is 14.1. The Balaban J connectivity index is 1.16. The number of nitrogens with two attached hydrogens (primary N) is 1. The third-order valence-electron chi connectivity index (χ3n) is 7.83. The summed E-state index contributed by atoms with van der Waals surface area (Å²) in [6.07, 6.45) is 3.67. The molecule has 3 aromatic carbocycles. The number of carbonyl (C=O) groups excluding carboxylic acids is 1. The fourth-order valence-electron chi connectivity index (χ4n) is 5.29. The smallest absolute Gasteiger partial charge is 0.241 e. The summed E-state index contributed by atoms with van der Waals surface area (Å²) < 4.78 is 2.14. The lowest BCUT2D eigenvalue weighted by Gasteiger charge is -2.36. The van der Waals surface area contributed by atoms with Crippen LogP contribution in [0.15, 0.2) is 66.7 Å². The lowest BCUT2D eigenvalue weighted by Crippen LogP contribution is -2.48. The predicted octanol–water partition coefficient (Wildman–Crippen LogP) is 5.37. The number of rotatable bonds is 9. The fraction of sp³-hybridized carbons (Fsp3) is 0.355. The molecule has 7 nitrogen and oxygen atoms in total. The molecule has 8 heteroatoms. The van der Waals surface area contributed by atoms with Crippen LogP contribution in [0, 0.1) is 0 Å². The molecule has 1 amide bonds. The van der Waals surface area contributed by atoms with Crippen LogP contribution in [0.25, 0.3) is 11.0 Å². The number of aryl methyl sites for hydroxylation is 3. The van der Waals surface area contributed by atoms with Gasteiger partial charge in [0.15, 0.2) is 0 Å². The van der Waals surface area contributed by atoms with Gasteiger partial charge in [-0.25, -0.2) is 4.98 Å². The molecule has 1 aliphatic heterocycles. The van der Waals surface area contributed by atoms with Crippen molar-refractivity contribution in [2.24, 2.45) is 12.8 Å². The molecule has 1 aliphatic rings. The first-order chi connectivity index (χ1) is 18.9. The van der Waals surface area contributed by atoms with Gasteiger partial charge in [-0.3, -0.25) is 9.69 Å². The van der Waals surface area contributed by atoms with E-state index >= 15 is 0 Å². The van der Waals surface area contributed by atoms with Crippen molar-refractivity contribution in [2.75, 3.05) is 23.7 Å². The average molecular weight is 545 g/mol. The van der Waals surface area contributed by atoms with Gasteiger partial charge in [0.25, 0.3) is 0 Å². The van der Waals surface area contributed by atoms with Gasteiger partial charge < -0.3 is 20.9 Å². The predicted molar refractivity (Wildman–Crippen MR) is 160 cm³/mol. The van der Waals surface area contributed by atoms with E-state index in [0.717, 1.165) is 77.6 Å². The maximum Gasteiger partial charge on any atom is 0.241 e. The molecule has 1 aromatic heterocycles. The first kappa shape index (κ1) is 27.2. The van der Waals surface area contributed by atoms with Gasteiger partial charge in [0.2, 0.25) is 5.91 Å². The van der Waals surface area contributed by atoms with Crippen molar-refractivity contribution in [1.29, 1.82) is 0 Å². The zero-order valence-corrected chi connectivity index (χ0v) is 23.4. The molecule has 2 heterocycles. The van der Waals surface area contributed by atoms with E-state index in [9.17, 15) is 4.79 Å². The molecule has 1 unspecified atom stereocenters. The van der Waals surface area contributed by atoms with Crippen LogP contribution in [-0.4, -0.2) is 45.5 Å². The maximum atomic E-state index is 13.1. The van der Waals surface area contributed by atoms with Crippen LogP contribution in [0.3, 0.4) is 0 Å². The van der Waals surface area contributed by atoms with E-state index in [0.29, 0.717) is 12.6 Å². The van der Waals surface area contributed by atoms with Gasteiger partial charge in [-0.1, -0.05) is 48.0 Å². The van der Waals surface area contributed by atoms with E-state index in [4.69, 9.17) is 22.3 Å². The second-order valence-corrected chi connectivity index (χ2v) is 10.8. The minimum atomic E-state index is -0.216. The monoisotopic (exact) mass is 544 g/mol. The van der Waals surface area contributed by atoms with Gasteiger partial charge in [-0.15, -0.1) is 0 Å². The van der Waals surface area contributed by atoms with Crippen molar-refractivity contribution >= 4 is 39.9 Å². The van der Waals surface area contributed by atoms with Crippen molar-refractivity contribution in [3.8, 4) is 0 Å². The number of para-hydroxylation sites is 1. The molecule has 4 aromatic rings. The summed E-state index contributed by atoms with van der Waals surface area (Å²) in [5.41, 5.74) is 11.8. The Bertz CT molecular complexity index is 1430. The van der Waals surface area contributed by atoms with Gasteiger partial charge in [-0.05, 0) is 67.6 Å². The molecule has 39 heavy (non-hydrogen) atoms. The Morgan fingerprint density at radius 3 is 2.49 bits per heavy atom. The van der Waals surface area contributed by atoms with Crippen LogP contribution in [-0.2, 0) is 31.2 Å². The number of aromatic nitrogens is 2. The SMILES string of the molecule is CC(C(=O)Nc1ccc2c(c1)nc(CCc1ccc(CN)cc1)n2C)N1CCC(Nc2ccccc2Cl)CC1. The van der Waals surface area contributed by atoms with Crippen LogP contribution < -0.4 is 16.4 Å². The molecule has 0 spiro atoms. The zero-order valence-electron chi connectivity index (χ0n) is 22.7. The fourth-order valence-corrected chi connectivity index (χ4v) is 5.48. The number of nitrogens with zero attached hydrogens (tertiary/aromatic N) is 3. The number of amides is 1. The summed E-state index contributed by atoms with van der Waals surface area (Å²) in [5, 5.41) is 7.40. The first-order valence-electron chi connectivity index (χ1n) is 13.7. The second kappa shape index (κ2) is 12.2. The molecule has 1 saturated heterocycles. The molecular weight excluding hydrogens is 508 g/mol. The second-order valence-electron chi connectivity index (χ2n) is 10.4. The van der Waals surface area contributed by atoms with Crippen LogP contribution in [0.2, 0.25) is 5.02 Å². The Morgan fingerprint density at radius 2 is 1.77 bits per heavy atom. The number of benzene rings is 3. The van der Waals surface area contributed by atoms with Gasteiger partial charge in [0, 0.05) is 44.8 Å². The molecule has 0 aliphatic carbocycles. The van der Waals surface area contributed by atoms with Crippen LogP contribution in [0.4, 0.5) is 11.4 Å². The normalized spacial score (nSPS) is 15.4. The van der Waals surface area contributed by atoms with Crippen molar-refractivity contribution in [1.82, 2.24) is 14.5 Å². The van der Waals surface area contributed by atoms with Crippen LogP contribution in [0.5, 0.6) is 0 Å². The number of fused-ring (bicyclic) bond motifs is 1. The van der Waals surface area contributed by atoms with Gasteiger partial charge >= 0.3 is 0 Å². The number of piperidine rings is 1. The molecule has 1 fully saturated rings. The van der Waals surface area contributed by atoms with E-state index in [1.807, 2.05) is 56.4 Å². The highest BCUT2D eigenvalue weighted by atomic mass is 35.5. The highest BCUT2D eigenvalue weighted by Gasteiger charge is 2.27. The number of halogens is 1. The molecule has 1 atom stereocenters. The van der Waals surface area contributed by atoms with Crippen molar-refractivity contribution in [3.05, 3.63) is 88.7 Å². The maximum absolute atomic E-state index is 13.1. The summed E-state index contributed by atoms with van der Waals surface area (Å²) >= 11 is 6.30. The highest BCUT2D eigenvalue weighted by Crippen LogP contribution is 2.25. The zero-order chi connectivity index (χ0) is 27.4. The minimum absolute atomic E-state index is 0.00365. The number of likely N-dealkylation sites (tertiary alicyclic amines) is 1. The summed E-state index contributed by atoms with van der Waals surface area (Å²) in [5.74, 6) is 1.03. The lowest BCUT2D eigenvalue weighted by atomic mass is 10.0. The lowest BCUT2D eigenvalue weighted by molar-refractivity contribution is -0.121. The van der Waals surface area contributed by atoms with Crippen molar-refractivity contribution < 1.29 is 4.79 Å². The number of nitrogens with one attached hydrogen (secondary N) is 2. The largest absolute Gasteiger partial charge is 0.381 e. The standard InChI is InChI=1S/C31H37ClN6O/c1-21(38-17-15-24(16-18-38)34-27-6-4-3-5-26(27)32)31(39)35-25-12-13-29-28(19-25)36-30(37(29)2)14-11-22-7-9-23(20-33)10-8-22/h3-10,12-13,19,21,24,34H,11,14-18,20,33H2,1-2H3,(H,35,39). The van der Waals surface area contributed by atoms with Gasteiger partial charge in [-0.2, -0.15) is 0 Å². The summed E-state index contributed by atoms with van der Waals surface area (Å²) in [4.78, 5) is 20.2. The third-order valence-corrected chi connectivity index (χ3v) is 8.16. The number of hydrogen-bond acceptors (Lipinski definition) is 5. The van der Waals surface area contributed by atoms with Crippen LogP contribution in [0.1, 0.15) is 36.7 Å². The third kappa shape index (κ3) is 6.44. The topological polar surface area (TPSA) is 88.2 Å². The summed E-state index contributed by atoms with van der Waals surface area (Å²) in [6.45, 7) is 4.25. The Kier molecular flexibility index (Phi) is 8.50. The quantitative estimate of drug-likeness (QED) is 0.263. The van der Waals surface area contributed by atoms with E-state index in [2.05, 4.69) is 44.4 Å². The average Bonchev–Trinajstić information content (AvgIpc) is 3.27. The van der Waals surface area contributed by atoms with E-state index in [1.54, 1.807) is 0 Å². The summed E-state index contributed by atoms with van der Waals surface area (Å²) in [6, 6.07) is 22.4. The summed E-state index contributed by atoms with van der Waals surface area (Å²) in [7, 11) is 2.05. The molecule has 0 bridgehead atoms. The molecule has 5 rings (SSSR count). The Hall–Kier alpha value is -3.39. The Morgan fingerprint density at radius 1 is 1.05 bits per heavy atom. The van der Waals surface area contributed by atoms with E-state index < -0.39 is 0 Å². The number of hydrogen-bond donors (Lipinski definition) is 3. The molecular formula is C31H37ClN6O. The number of carbonyl (C=O) groups is 1. The highest BCUT2D eigenvalue weighted by molar-refractivity contribution is 6.33. The van der Waals surface area contributed by atoms with E-state index in [-0.39, 0.29) is 11.9 Å². The van der Waals surface area contributed by atoms with Gasteiger partial charge in [0.1, 0.15) is 5.82 Å². The van der Waals surface area contributed by atoms with Crippen LogP contribution >= 0.6 is 11.6 Å². The van der Waals surface area contributed by atoms with Crippen molar-refractivity contribution in [3.63, 3.8) is 0 Å². The molecule has 0 saturated carbocycles. The van der Waals surface area contributed by atoms with E-state index in [1.165, 1.54) is 5.56 Å². The molecule has 0 radical (unpaired) electrons. The number of anilines is 2. The molecule has 4 N–H and O–H groups in total.